The van der Waals surface area contributed by atoms with E-state index in [1.165, 1.54) is 32.4 Å². The zero-order valence-electron chi connectivity index (χ0n) is 10.7. The van der Waals surface area contributed by atoms with E-state index < -0.39 is 0 Å². The summed E-state index contributed by atoms with van der Waals surface area (Å²) in [7, 11) is 0. The van der Waals surface area contributed by atoms with Crippen LogP contribution in [0.25, 0.3) is 0 Å². The molecule has 0 spiro atoms. The molecule has 1 N–H and O–H groups in total. The Bertz CT molecular complexity index is 388. The fourth-order valence-corrected chi connectivity index (χ4v) is 3.25. The van der Waals surface area contributed by atoms with E-state index in [0.29, 0.717) is 6.04 Å². The van der Waals surface area contributed by atoms with Gasteiger partial charge in [-0.2, -0.15) is 0 Å². The first-order valence-electron chi connectivity index (χ1n) is 6.91. The molecule has 2 atom stereocenters. The maximum atomic E-state index is 3.71. The van der Waals surface area contributed by atoms with Crippen molar-refractivity contribution in [3.05, 3.63) is 35.4 Å². The number of benzene rings is 1. The molecule has 1 aromatic carbocycles. The van der Waals surface area contributed by atoms with E-state index in [2.05, 4.69) is 41.4 Å². The van der Waals surface area contributed by atoms with Gasteiger partial charge in [0.15, 0.2) is 0 Å². The van der Waals surface area contributed by atoms with Crippen LogP contribution in [0, 0.1) is 0 Å². The van der Waals surface area contributed by atoms with Gasteiger partial charge in [-0.15, -0.1) is 0 Å². The number of nitrogens with one attached hydrogen (secondary N) is 1. The lowest BCUT2D eigenvalue weighted by molar-refractivity contribution is 0.108. The number of hydrogen-bond acceptors (Lipinski definition) is 2. The van der Waals surface area contributed by atoms with Gasteiger partial charge in [0.05, 0.1) is 0 Å². The van der Waals surface area contributed by atoms with Crippen LogP contribution in [0.15, 0.2) is 24.3 Å². The van der Waals surface area contributed by atoms with Crippen molar-refractivity contribution in [2.75, 3.05) is 13.1 Å². The monoisotopic (exact) mass is 230 g/mol. The lowest BCUT2D eigenvalue weighted by Gasteiger charge is -2.43. The van der Waals surface area contributed by atoms with E-state index in [-0.39, 0.29) is 0 Å². The van der Waals surface area contributed by atoms with Crippen molar-refractivity contribution < 1.29 is 0 Å². The van der Waals surface area contributed by atoms with Crippen molar-refractivity contribution >= 4 is 0 Å². The van der Waals surface area contributed by atoms with E-state index in [4.69, 9.17) is 0 Å². The average molecular weight is 230 g/mol. The zero-order chi connectivity index (χ0) is 11.7. The number of hydrogen-bond donors (Lipinski definition) is 1. The third kappa shape index (κ3) is 2.24. The molecule has 17 heavy (non-hydrogen) atoms. The normalized spacial score (nSPS) is 28.5. The van der Waals surface area contributed by atoms with Gasteiger partial charge in [0.2, 0.25) is 0 Å². The molecule has 0 bridgehead atoms. The summed E-state index contributed by atoms with van der Waals surface area (Å²) in [5.74, 6) is 0. The molecule has 0 unspecified atom stereocenters. The summed E-state index contributed by atoms with van der Waals surface area (Å²) in [5, 5.41) is 3.71. The molecule has 92 valence electrons. The van der Waals surface area contributed by atoms with Crippen molar-refractivity contribution in [1.82, 2.24) is 10.2 Å². The van der Waals surface area contributed by atoms with Gasteiger partial charge < -0.3 is 5.32 Å². The number of nitrogens with zero attached hydrogens (tertiary/aromatic N) is 1. The van der Waals surface area contributed by atoms with Gasteiger partial charge >= 0.3 is 0 Å². The Morgan fingerprint density at radius 2 is 2.12 bits per heavy atom. The highest BCUT2D eigenvalue weighted by molar-refractivity contribution is 5.30. The van der Waals surface area contributed by atoms with Crippen molar-refractivity contribution in [3.8, 4) is 0 Å². The van der Waals surface area contributed by atoms with Crippen molar-refractivity contribution in [2.45, 2.75) is 44.8 Å². The summed E-state index contributed by atoms with van der Waals surface area (Å²) in [6.07, 6.45) is 3.82. The van der Waals surface area contributed by atoms with Crippen LogP contribution < -0.4 is 5.32 Å². The van der Waals surface area contributed by atoms with Gasteiger partial charge in [-0.25, -0.2) is 0 Å². The van der Waals surface area contributed by atoms with Gasteiger partial charge in [-0.1, -0.05) is 37.6 Å². The quantitative estimate of drug-likeness (QED) is 0.838. The molecule has 1 fully saturated rings. The Kier molecular flexibility index (Phi) is 3.17. The van der Waals surface area contributed by atoms with Crippen LogP contribution in [0.4, 0.5) is 0 Å². The molecule has 2 aliphatic rings. The molecule has 2 heteroatoms. The Morgan fingerprint density at radius 1 is 1.29 bits per heavy atom. The maximum absolute atomic E-state index is 3.71. The zero-order valence-corrected chi connectivity index (χ0v) is 10.7. The first-order valence-corrected chi connectivity index (χ1v) is 6.91. The first kappa shape index (κ1) is 11.2. The third-order valence-corrected chi connectivity index (χ3v) is 4.20. The van der Waals surface area contributed by atoms with E-state index in [0.717, 1.165) is 12.6 Å². The van der Waals surface area contributed by atoms with Crippen LogP contribution in [0.3, 0.4) is 0 Å². The summed E-state index contributed by atoms with van der Waals surface area (Å²) in [4.78, 5) is 2.68. The Balaban J connectivity index is 1.74. The van der Waals surface area contributed by atoms with Crippen molar-refractivity contribution in [1.29, 1.82) is 0 Å². The standard InChI is InChI=1S/C15H22N2/c1-2-5-14-11-17-10-13-7-4-3-6-12(13)8-15(17)9-16-14/h3-4,6-7,14-16H,2,5,8-11H2,1H3/t14-,15-/m1/s1. The Morgan fingerprint density at radius 3 is 2.94 bits per heavy atom. The van der Waals surface area contributed by atoms with Crippen LogP contribution in [0.5, 0.6) is 0 Å². The fourth-order valence-electron chi connectivity index (χ4n) is 3.25. The molecule has 0 radical (unpaired) electrons. The van der Waals surface area contributed by atoms with Gasteiger partial charge in [0.25, 0.3) is 0 Å². The van der Waals surface area contributed by atoms with E-state index in [9.17, 15) is 0 Å². The summed E-state index contributed by atoms with van der Waals surface area (Å²) in [6, 6.07) is 10.4. The van der Waals surface area contributed by atoms with E-state index in [1.54, 1.807) is 11.1 Å². The summed E-state index contributed by atoms with van der Waals surface area (Å²) in [6.45, 7) is 5.83. The molecule has 0 saturated carbocycles. The van der Waals surface area contributed by atoms with Gasteiger partial charge in [0.1, 0.15) is 0 Å². The Labute approximate surface area is 104 Å². The second kappa shape index (κ2) is 4.79. The molecule has 2 nitrogen and oxygen atoms in total. The Hall–Kier alpha value is -0.860. The highest BCUT2D eigenvalue weighted by Gasteiger charge is 2.31. The molecule has 0 amide bonds. The van der Waals surface area contributed by atoms with Crippen molar-refractivity contribution in [2.24, 2.45) is 0 Å². The second-order valence-electron chi connectivity index (χ2n) is 5.45. The lowest BCUT2D eigenvalue weighted by atomic mass is 9.91. The summed E-state index contributed by atoms with van der Waals surface area (Å²) >= 11 is 0. The van der Waals surface area contributed by atoms with Gasteiger partial charge in [-0.3, -0.25) is 4.90 Å². The average Bonchev–Trinajstić information content (AvgIpc) is 2.36. The fraction of sp³-hybridized carbons (Fsp3) is 0.600. The minimum Gasteiger partial charge on any atom is -0.311 e. The minimum atomic E-state index is 0.710. The molecule has 0 aromatic heterocycles. The molecule has 3 rings (SSSR count). The molecular formula is C15H22N2. The SMILES string of the molecule is CCC[C@@H]1CN2Cc3ccccc3C[C@@H]2CN1. The minimum absolute atomic E-state index is 0.710. The van der Waals surface area contributed by atoms with Gasteiger partial charge in [-0.05, 0) is 24.0 Å². The van der Waals surface area contributed by atoms with Crippen LogP contribution in [0.2, 0.25) is 0 Å². The van der Waals surface area contributed by atoms with Crippen LogP contribution in [-0.4, -0.2) is 30.1 Å². The molecular weight excluding hydrogens is 208 g/mol. The number of piperazine rings is 1. The largest absolute Gasteiger partial charge is 0.311 e. The maximum Gasteiger partial charge on any atom is 0.0265 e. The molecule has 2 heterocycles. The highest BCUT2D eigenvalue weighted by Crippen LogP contribution is 2.25. The lowest BCUT2D eigenvalue weighted by Crippen LogP contribution is -2.58. The van der Waals surface area contributed by atoms with Crippen LogP contribution in [0.1, 0.15) is 30.9 Å². The topological polar surface area (TPSA) is 15.3 Å². The highest BCUT2D eigenvalue weighted by atomic mass is 15.2. The second-order valence-corrected chi connectivity index (χ2v) is 5.45. The summed E-state index contributed by atoms with van der Waals surface area (Å²) in [5.41, 5.74) is 3.10. The van der Waals surface area contributed by atoms with Crippen molar-refractivity contribution in [3.63, 3.8) is 0 Å². The first-order chi connectivity index (χ1) is 8.36. The van der Waals surface area contributed by atoms with E-state index >= 15 is 0 Å². The van der Waals surface area contributed by atoms with Crippen LogP contribution >= 0.6 is 0 Å². The van der Waals surface area contributed by atoms with E-state index in [1.807, 2.05) is 0 Å². The molecule has 1 saturated heterocycles. The smallest absolute Gasteiger partial charge is 0.0265 e. The van der Waals surface area contributed by atoms with Crippen LogP contribution in [-0.2, 0) is 13.0 Å². The predicted octanol–water partition coefficient (Wildman–Crippen LogP) is 2.19. The number of rotatable bonds is 2. The molecule has 1 aromatic rings. The predicted molar refractivity (Wildman–Crippen MR) is 71.0 cm³/mol. The van der Waals surface area contributed by atoms with Gasteiger partial charge in [0, 0.05) is 31.7 Å². The molecule has 0 aliphatic carbocycles. The third-order valence-electron chi connectivity index (χ3n) is 4.20. The molecule has 2 aliphatic heterocycles. The number of fused-ring (bicyclic) bond motifs is 2. The summed E-state index contributed by atoms with van der Waals surface area (Å²) < 4.78 is 0.